The van der Waals surface area contributed by atoms with Crippen molar-refractivity contribution in [3.63, 3.8) is 0 Å². The summed E-state index contributed by atoms with van der Waals surface area (Å²) >= 11 is 0. The van der Waals surface area contributed by atoms with Crippen molar-refractivity contribution in [1.29, 1.82) is 0 Å². The highest BCUT2D eigenvalue weighted by Gasteiger charge is 2.33. The Bertz CT molecular complexity index is 159. The highest BCUT2D eigenvalue weighted by molar-refractivity contribution is 4.86. The van der Waals surface area contributed by atoms with Crippen LogP contribution in [0.3, 0.4) is 0 Å². The van der Waals surface area contributed by atoms with Crippen LogP contribution in [-0.4, -0.2) is 18.3 Å². The smallest absolute Gasteiger partial charge is 0.303 e. The molecule has 1 rings (SSSR count). The molecular weight excluding hydrogens is 179 g/mol. The lowest BCUT2D eigenvalue weighted by Gasteiger charge is -2.35. The van der Waals surface area contributed by atoms with E-state index in [1.54, 1.807) is 0 Å². The highest BCUT2D eigenvalue weighted by Crippen LogP contribution is 2.28. The largest absolute Gasteiger partial charge is 0.401 e. The summed E-state index contributed by atoms with van der Waals surface area (Å²) in [7, 11) is 0. The first-order chi connectivity index (χ1) is 5.91. The van der Waals surface area contributed by atoms with Crippen LogP contribution in [-0.2, 0) is 0 Å². The molecule has 0 bridgehead atoms. The molecule has 0 aromatic rings. The lowest BCUT2D eigenvalue weighted by atomic mass is 9.83. The predicted molar refractivity (Wildman–Crippen MR) is 45.5 cm³/mol. The van der Waals surface area contributed by atoms with E-state index < -0.39 is 12.7 Å². The monoisotopic (exact) mass is 195 g/mol. The molecule has 1 N–H and O–H groups in total. The van der Waals surface area contributed by atoms with E-state index in [9.17, 15) is 13.2 Å². The Labute approximate surface area is 76.7 Å². The van der Waals surface area contributed by atoms with E-state index in [2.05, 4.69) is 5.32 Å². The summed E-state index contributed by atoms with van der Waals surface area (Å²) in [6.45, 7) is 1.03. The second-order valence-electron chi connectivity index (χ2n) is 4.09. The number of halogens is 3. The normalized spacial score (nSPS) is 23.1. The standard InChI is InChI=1S/C9H16F3N/c1-8(5-3-2-4-6-8)13-7-9(10,11)12/h13H,2-7H2,1H3. The first kappa shape index (κ1) is 10.8. The van der Waals surface area contributed by atoms with Crippen molar-refractivity contribution in [1.82, 2.24) is 5.32 Å². The van der Waals surface area contributed by atoms with Crippen molar-refractivity contribution in [3.8, 4) is 0 Å². The summed E-state index contributed by atoms with van der Waals surface area (Å²) in [6.07, 6.45) is 0.888. The van der Waals surface area contributed by atoms with Crippen molar-refractivity contribution in [2.24, 2.45) is 0 Å². The SMILES string of the molecule is CC1(NCC(F)(F)F)CCCCC1. The molecule has 0 unspecified atom stereocenters. The van der Waals surface area contributed by atoms with Gasteiger partial charge in [-0.2, -0.15) is 13.2 Å². The Kier molecular flexibility index (Phi) is 3.22. The molecule has 0 atom stereocenters. The minimum absolute atomic E-state index is 0.284. The minimum Gasteiger partial charge on any atom is -0.303 e. The molecule has 1 aliphatic carbocycles. The van der Waals surface area contributed by atoms with Gasteiger partial charge < -0.3 is 5.32 Å². The molecule has 1 saturated carbocycles. The van der Waals surface area contributed by atoms with E-state index >= 15 is 0 Å². The third kappa shape index (κ3) is 3.98. The van der Waals surface area contributed by atoms with Gasteiger partial charge in [-0.25, -0.2) is 0 Å². The molecule has 0 heterocycles. The van der Waals surface area contributed by atoms with Gasteiger partial charge in [0, 0.05) is 5.54 Å². The molecule has 0 aromatic carbocycles. The molecule has 78 valence electrons. The molecule has 0 spiro atoms. The average Bonchev–Trinajstić information content (AvgIpc) is 2.02. The number of hydrogen-bond acceptors (Lipinski definition) is 1. The topological polar surface area (TPSA) is 12.0 Å². The van der Waals surface area contributed by atoms with E-state index in [-0.39, 0.29) is 5.54 Å². The Morgan fingerprint density at radius 2 is 1.69 bits per heavy atom. The molecule has 0 aromatic heterocycles. The van der Waals surface area contributed by atoms with E-state index in [1.165, 1.54) is 0 Å². The summed E-state index contributed by atoms with van der Waals surface area (Å²) in [6, 6.07) is 0. The Hall–Kier alpha value is -0.250. The van der Waals surface area contributed by atoms with Crippen LogP contribution in [0.5, 0.6) is 0 Å². The van der Waals surface area contributed by atoms with Gasteiger partial charge in [0.05, 0.1) is 6.54 Å². The van der Waals surface area contributed by atoms with Crippen LogP contribution < -0.4 is 5.32 Å². The highest BCUT2D eigenvalue weighted by atomic mass is 19.4. The summed E-state index contributed by atoms with van der Waals surface area (Å²) in [5.41, 5.74) is -0.284. The fourth-order valence-corrected chi connectivity index (χ4v) is 1.82. The zero-order valence-electron chi connectivity index (χ0n) is 7.88. The third-order valence-electron chi connectivity index (χ3n) is 2.67. The average molecular weight is 195 g/mol. The van der Waals surface area contributed by atoms with Gasteiger partial charge in [-0.15, -0.1) is 0 Å². The lowest BCUT2D eigenvalue weighted by Crippen LogP contribution is -2.47. The van der Waals surface area contributed by atoms with E-state index in [0.717, 1.165) is 32.1 Å². The maximum atomic E-state index is 11.9. The van der Waals surface area contributed by atoms with Gasteiger partial charge in [0.2, 0.25) is 0 Å². The van der Waals surface area contributed by atoms with Crippen LogP contribution in [0, 0.1) is 0 Å². The van der Waals surface area contributed by atoms with Gasteiger partial charge in [0.1, 0.15) is 0 Å². The predicted octanol–water partition coefficient (Wildman–Crippen LogP) is 2.86. The first-order valence-electron chi connectivity index (χ1n) is 4.73. The van der Waals surface area contributed by atoms with Crippen LogP contribution in [0.1, 0.15) is 39.0 Å². The second-order valence-corrected chi connectivity index (χ2v) is 4.09. The first-order valence-corrected chi connectivity index (χ1v) is 4.73. The molecule has 13 heavy (non-hydrogen) atoms. The van der Waals surface area contributed by atoms with Gasteiger partial charge in [0.25, 0.3) is 0 Å². The Morgan fingerprint density at radius 3 is 2.15 bits per heavy atom. The maximum Gasteiger partial charge on any atom is 0.401 e. The van der Waals surface area contributed by atoms with E-state index in [4.69, 9.17) is 0 Å². The Morgan fingerprint density at radius 1 is 1.15 bits per heavy atom. The van der Waals surface area contributed by atoms with E-state index in [0.29, 0.717) is 0 Å². The second kappa shape index (κ2) is 3.86. The molecule has 1 aliphatic rings. The molecule has 1 fully saturated rings. The number of nitrogens with one attached hydrogen (secondary N) is 1. The van der Waals surface area contributed by atoms with Gasteiger partial charge in [-0.1, -0.05) is 19.3 Å². The molecule has 4 heteroatoms. The van der Waals surface area contributed by atoms with Crippen molar-refractivity contribution in [3.05, 3.63) is 0 Å². The van der Waals surface area contributed by atoms with Crippen LogP contribution in [0.15, 0.2) is 0 Å². The summed E-state index contributed by atoms with van der Waals surface area (Å²) in [4.78, 5) is 0. The maximum absolute atomic E-state index is 11.9. The van der Waals surface area contributed by atoms with Gasteiger partial charge in [0.15, 0.2) is 0 Å². The molecule has 0 aliphatic heterocycles. The third-order valence-corrected chi connectivity index (χ3v) is 2.67. The number of hydrogen-bond donors (Lipinski definition) is 1. The Balaban J connectivity index is 2.33. The number of rotatable bonds is 2. The fraction of sp³-hybridized carbons (Fsp3) is 1.00. The van der Waals surface area contributed by atoms with Gasteiger partial charge >= 0.3 is 6.18 Å². The lowest BCUT2D eigenvalue weighted by molar-refractivity contribution is -0.129. The quantitative estimate of drug-likeness (QED) is 0.714. The van der Waals surface area contributed by atoms with Gasteiger partial charge in [-0.05, 0) is 19.8 Å². The van der Waals surface area contributed by atoms with E-state index in [1.807, 2.05) is 6.92 Å². The van der Waals surface area contributed by atoms with Crippen molar-refractivity contribution in [2.45, 2.75) is 50.7 Å². The van der Waals surface area contributed by atoms with Crippen molar-refractivity contribution < 1.29 is 13.2 Å². The molecule has 0 radical (unpaired) electrons. The fourth-order valence-electron chi connectivity index (χ4n) is 1.82. The van der Waals surface area contributed by atoms with Crippen LogP contribution in [0.25, 0.3) is 0 Å². The summed E-state index contributed by atoms with van der Waals surface area (Å²) < 4.78 is 35.8. The molecule has 1 nitrogen and oxygen atoms in total. The summed E-state index contributed by atoms with van der Waals surface area (Å²) in [5, 5.41) is 2.61. The zero-order chi connectivity index (χ0) is 9.95. The molecular formula is C9H16F3N. The molecule has 0 saturated heterocycles. The zero-order valence-corrected chi connectivity index (χ0v) is 7.88. The van der Waals surface area contributed by atoms with Gasteiger partial charge in [-0.3, -0.25) is 0 Å². The molecule has 0 amide bonds. The number of alkyl halides is 3. The van der Waals surface area contributed by atoms with Crippen molar-refractivity contribution in [2.75, 3.05) is 6.54 Å². The van der Waals surface area contributed by atoms with Crippen molar-refractivity contribution >= 4 is 0 Å². The van der Waals surface area contributed by atoms with Crippen LogP contribution in [0.2, 0.25) is 0 Å². The van der Waals surface area contributed by atoms with Crippen LogP contribution >= 0.6 is 0 Å². The summed E-state index contributed by atoms with van der Waals surface area (Å²) in [5.74, 6) is 0. The minimum atomic E-state index is -4.08. The van der Waals surface area contributed by atoms with Crippen LogP contribution in [0.4, 0.5) is 13.2 Å².